The van der Waals surface area contributed by atoms with E-state index >= 15 is 0 Å². The summed E-state index contributed by atoms with van der Waals surface area (Å²) in [4.78, 5) is 17.3. The number of rotatable bonds is 10. The van der Waals surface area contributed by atoms with Crippen molar-refractivity contribution in [2.75, 3.05) is 14.2 Å². The van der Waals surface area contributed by atoms with Crippen LogP contribution in [0.25, 0.3) is 16.9 Å². The molecule has 184 valence electrons. The number of aromatic nitrogens is 3. The van der Waals surface area contributed by atoms with Gasteiger partial charge in [-0.05, 0) is 63.4 Å². The smallest absolute Gasteiger partial charge is 0.220 e. The minimum atomic E-state index is 0.0277. The van der Waals surface area contributed by atoms with Crippen molar-refractivity contribution in [1.29, 1.82) is 0 Å². The second-order valence-corrected chi connectivity index (χ2v) is 8.71. The molecule has 3 aromatic heterocycles. The van der Waals surface area contributed by atoms with Crippen molar-refractivity contribution in [2.24, 2.45) is 0 Å². The third-order valence-electron chi connectivity index (χ3n) is 6.26. The molecule has 1 atom stereocenters. The van der Waals surface area contributed by atoms with E-state index in [0.29, 0.717) is 18.6 Å². The largest absolute Gasteiger partial charge is 0.497 e. The predicted octanol–water partition coefficient (Wildman–Crippen LogP) is 4.69. The molecule has 0 aliphatic rings. The number of aryl methyl sites for hydroxylation is 3. The first-order chi connectivity index (χ1) is 16.9. The van der Waals surface area contributed by atoms with E-state index in [1.807, 2.05) is 61.7 Å². The van der Waals surface area contributed by atoms with Crippen molar-refractivity contribution in [3.8, 4) is 22.8 Å². The Balaban J connectivity index is 1.47. The number of carbonyl (C=O) groups excluding carboxylic acids is 1. The molecule has 0 radical (unpaired) electrons. The maximum Gasteiger partial charge on any atom is 0.220 e. The van der Waals surface area contributed by atoms with Crippen molar-refractivity contribution in [3.05, 3.63) is 65.4 Å². The van der Waals surface area contributed by atoms with Gasteiger partial charge in [0.25, 0.3) is 0 Å². The zero-order valence-electron chi connectivity index (χ0n) is 20.9. The second-order valence-electron chi connectivity index (χ2n) is 8.71. The number of ether oxygens (including phenoxy) is 2. The van der Waals surface area contributed by atoms with E-state index in [-0.39, 0.29) is 11.9 Å². The van der Waals surface area contributed by atoms with Crippen LogP contribution in [0.5, 0.6) is 11.5 Å². The molecule has 0 bridgehead atoms. The van der Waals surface area contributed by atoms with Gasteiger partial charge in [0.1, 0.15) is 17.3 Å². The molecule has 0 saturated heterocycles. The minimum absolute atomic E-state index is 0.0277. The van der Waals surface area contributed by atoms with E-state index in [2.05, 4.69) is 5.32 Å². The van der Waals surface area contributed by atoms with E-state index < -0.39 is 0 Å². The predicted molar refractivity (Wildman–Crippen MR) is 134 cm³/mol. The lowest BCUT2D eigenvalue weighted by molar-refractivity contribution is -0.121. The van der Waals surface area contributed by atoms with Crippen molar-refractivity contribution >= 4 is 11.6 Å². The summed E-state index contributed by atoms with van der Waals surface area (Å²) in [7, 11) is 3.25. The highest BCUT2D eigenvalue weighted by molar-refractivity contribution is 5.76. The van der Waals surface area contributed by atoms with Crippen molar-refractivity contribution < 1.29 is 18.7 Å². The second kappa shape index (κ2) is 10.6. The molecular formula is C27H32N4O4. The summed E-state index contributed by atoms with van der Waals surface area (Å²) in [5.41, 5.74) is 5.30. The summed E-state index contributed by atoms with van der Waals surface area (Å²) in [5, 5.41) is 7.89. The van der Waals surface area contributed by atoms with Gasteiger partial charge in [0.2, 0.25) is 5.91 Å². The Morgan fingerprint density at radius 2 is 1.97 bits per heavy atom. The van der Waals surface area contributed by atoms with E-state index in [1.165, 1.54) is 0 Å². The fourth-order valence-electron chi connectivity index (χ4n) is 4.30. The SMILES string of the molecule is COc1ccc(-c2cc3nc(C)c(CCC(=O)N[C@H](C)CCc4ccco4)c(C)n3n2)c(OC)c1. The molecule has 1 amide bonds. The van der Waals surface area contributed by atoms with Crippen LogP contribution in [0.4, 0.5) is 0 Å². The van der Waals surface area contributed by atoms with Crippen LogP contribution in [0.2, 0.25) is 0 Å². The van der Waals surface area contributed by atoms with Crippen molar-refractivity contribution in [2.45, 2.75) is 52.5 Å². The van der Waals surface area contributed by atoms with Gasteiger partial charge in [0.15, 0.2) is 5.65 Å². The maximum absolute atomic E-state index is 12.6. The fourth-order valence-corrected chi connectivity index (χ4v) is 4.30. The van der Waals surface area contributed by atoms with Gasteiger partial charge in [0, 0.05) is 48.0 Å². The van der Waals surface area contributed by atoms with Crippen LogP contribution in [0.15, 0.2) is 47.1 Å². The molecule has 3 heterocycles. The van der Waals surface area contributed by atoms with Gasteiger partial charge in [-0.25, -0.2) is 9.50 Å². The number of carbonyl (C=O) groups is 1. The molecule has 4 aromatic rings. The molecule has 0 spiro atoms. The van der Waals surface area contributed by atoms with Gasteiger partial charge in [-0.1, -0.05) is 0 Å². The van der Waals surface area contributed by atoms with Gasteiger partial charge >= 0.3 is 0 Å². The Labute approximate surface area is 205 Å². The van der Waals surface area contributed by atoms with E-state index in [4.69, 9.17) is 24.0 Å². The zero-order chi connectivity index (χ0) is 24.9. The highest BCUT2D eigenvalue weighted by atomic mass is 16.5. The van der Waals surface area contributed by atoms with Crippen LogP contribution in [0, 0.1) is 13.8 Å². The van der Waals surface area contributed by atoms with Gasteiger partial charge in [-0.2, -0.15) is 5.10 Å². The van der Waals surface area contributed by atoms with Crippen LogP contribution >= 0.6 is 0 Å². The zero-order valence-corrected chi connectivity index (χ0v) is 20.9. The molecule has 0 fully saturated rings. The third-order valence-corrected chi connectivity index (χ3v) is 6.26. The molecular weight excluding hydrogens is 444 g/mol. The van der Waals surface area contributed by atoms with Crippen molar-refractivity contribution in [1.82, 2.24) is 19.9 Å². The highest BCUT2D eigenvalue weighted by Crippen LogP contribution is 2.33. The molecule has 8 heteroatoms. The number of methoxy groups -OCH3 is 2. The van der Waals surface area contributed by atoms with Crippen LogP contribution in [0.1, 0.15) is 42.5 Å². The quantitative estimate of drug-likeness (QED) is 0.357. The summed E-state index contributed by atoms with van der Waals surface area (Å²) in [6.45, 7) is 6.01. The lowest BCUT2D eigenvalue weighted by atomic mass is 10.1. The molecule has 0 unspecified atom stereocenters. The maximum atomic E-state index is 12.6. The topological polar surface area (TPSA) is 90.9 Å². The van der Waals surface area contributed by atoms with Gasteiger partial charge in [0.05, 0.1) is 26.2 Å². The number of fused-ring (bicyclic) bond motifs is 1. The Bertz CT molecular complexity index is 1310. The number of benzene rings is 1. The number of hydrogen-bond donors (Lipinski definition) is 1. The fraction of sp³-hybridized carbons (Fsp3) is 0.370. The van der Waals surface area contributed by atoms with Crippen molar-refractivity contribution in [3.63, 3.8) is 0 Å². The lowest BCUT2D eigenvalue weighted by Crippen LogP contribution is -2.33. The van der Waals surface area contributed by atoms with Gasteiger partial charge < -0.3 is 19.2 Å². The molecule has 35 heavy (non-hydrogen) atoms. The minimum Gasteiger partial charge on any atom is -0.497 e. The normalized spacial score (nSPS) is 12.0. The first kappa shape index (κ1) is 24.3. The standard InChI is InChI=1S/C27H32N4O4/c1-17(8-9-20-7-6-14-35-20)28-27(32)13-12-22-18(2)29-26-16-24(30-31(26)19(22)3)23-11-10-21(33-4)15-25(23)34-5/h6-7,10-11,14-17H,8-9,12-13H2,1-5H3,(H,28,32)/t17-/m1/s1. The Hall–Kier alpha value is -3.81. The monoisotopic (exact) mass is 476 g/mol. The summed E-state index contributed by atoms with van der Waals surface area (Å²) < 4.78 is 18.1. The number of nitrogens with zero attached hydrogens (tertiary/aromatic N) is 3. The first-order valence-corrected chi connectivity index (χ1v) is 11.8. The summed E-state index contributed by atoms with van der Waals surface area (Å²) in [6.07, 6.45) is 4.28. The molecule has 4 rings (SSSR count). The summed E-state index contributed by atoms with van der Waals surface area (Å²) in [6, 6.07) is 11.5. The summed E-state index contributed by atoms with van der Waals surface area (Å²) >= 11 is 0. The Kier molecular flexibility index (Phi) is 7.39. The average molecular weight is 477 g/mol. The number of amides is 1. The average Bonchev–Trinajstić information content (AvgIpc) is 3.52. The highest BCUT2D eigenvalue weighted by Gasteiger charge is 2.17. The number of furan rings is 1. The van der Waals surface area contributed by atoms with Crippen LogP contribution in [-0.2, 0) is 17.6 Å². The van der Waals surface area contributed by atoms with Crippen LogP contribution in [-0.4, -0.2) is 40.8 Å². The third kappa shape index (κ3) is 5.48. The number of hydrogen-bond acceptors (Lipinski definition) is 6. The molecule has 8 nitrogen and oxygen atoms in total. The van der Waals surface area contributed by atoms with Gasteiger partial charge in [-0.3, -0.25) is 4.79 Å². The van der Waals surface area contributed by atoms with E-state index in [0.717, 1.165) is 58.2 Å². The van der Waals surface area contributed by atoms with Crippen LogP contribution < -0.4 is 14.8 Å². The first-order valence-electron chi connectivity index (χ1n) is 11.8. The molecule has 0 saturated carbocycles. The number of nitrogens with one attached hydrogen (secondary N) is 1. The Morgan fingerprint density at radius 1 is 1.14 bits per heavy atom. The molecule has 1 aromatic carbocycles. The molecule has 0 aliphatic heterocycles. The molecule has 0 aliphatic carbocycles. The lowest BCUT2D eigenvalue weighted by Gasteiger charge is -2.14. The van der Waals surface area contributed by atoms with Gasteiger partial charge in [-0.15, -0.1) is 0 Å². The molecule has 1 N–H and O–H groups in total. The Morgan fingerprint density at radius 3 is 2.69 bits per heavy atom. The van der Waals surface area contributed by atoms with E-state index in [9.17, 15) is 4.79 Å². The van der Waals surface area contributed by atoms with Crippen LogP contribution in [0.3, 0.4) is 0 Å². The van der Waals surface area contributed by atoms with E-state index in [1.54, 1.807) is 20.5 Å². The summed E-state index contributed by atoms with van der Waals surface area (Å²) in [5.74, 6) is 2.36.